The smallest absolute Gasteiger partial charge is 0.122 e. The van der Waals surface area contributed by atoms with E-state index in [1.165, 1.54) is 16.7 Å². The molecule has 0 aliphatic heterocycles. The molecule has 0 saturated heterocycles. The summed E-state index contributed by atoms with van der Waals surface area (Å²) in [5, 5.41) is 3.44. The second-order valence-corrected chi connectivity index (χ2v) is 5.90. The Morgan fingerprint density at radius 1 is 0.840 bits per heavy atom. The Morgan fingerprint density at radius 2 is 1.60 bits per heavy atom. The number of anilines is 1. The number of rotatable bonds is 7. The van der Waals surface area contributed by atoms with Gasteiger partial charge in [-0.1, -0.05) is 42.5 Å². The molecular weight excluding hydrogens is 310 g/mol. The van der Waals surface area contributed by atoms with Gasteiger partial charge in [0.15, 0.2) is 0 Å². The summed E-state index contributed by atoms with van der Waals surface area (Å²) in [6.45, 7) is 3.42. The molecule has 3 heteroatoms. The third-order valence-corrected chi connectivity index (χ3v) is 4.20. The van der Waals surface area contributed by atoms with Gasteiger partial charge in [-0.3, -0.25) is 0 Å². The number of methoxy groups -OCH3 is 1. The summed E-state index contributed by atoms with van der Waals surface area (Å²) in [6.07, 6.45) is 0. The Bertz CT molecular complexity index is 798. The molecule has 3 aromatic carbocycles. The van der Waals surface area contributed by atoms with Gasteiger partial charge in [-0.25, -0.2) is 0 Å². The van der Waals surface area contributed by atoms with E-state index in [9.17, 15) is 0 Å². The molecule has 3 nitrogen and oxygen atoms in total. The van der Waals surface area contributed by atoms with Crippen LogP contribution in [0.15, 0.2) is 72.8 Å². The summed E-state index contributed by atoms with van der Waals surface area (Å²) in [5.41, 5.74) is 4.62. The molecule has 0 aliphatic carbocycles. The van der Waals surface area contributed by atoms with Crippen molar-refractivity contribution < 1.29 is 9.47 Å². The summed E-state index contributed by atoms with van der Waals surface area (Å²) in [4.78, 5) is 0. The molecule has 0 aromatic heterocycles. The van der Waals surface area contributed by atoms with Gasteiger partial charge in [-0.15, -0.1) is 0 Å². The van der Waals surface area contributed by atoms with Crippen molar-refractivity contribution in [3.05, 3.63) is 89.5 Å². The molecule has 3 aromatic rings. The maximum atomic E-state index is 5.81. The normalized spacial score (nSPS) is 10.3. The van der Waals surface area contributed by atoms with Crippen LogP contribution in [0.5, 0.6) is 11.5 Å². The Kier molecular flexibility index (Phi) is 5.57. The number of ether oxygens (including phenoxy) is 2. The van der Waals surface area contributed by atoms with Gasteiger partial charge in [0, 0.05) is 12.2 Å². The van der Waals surface area contributed by atoms with Crippen molar-refractivity contribution in [2.24, 2.45) is 0 Å². The topological polar surface area (TPSA) is 30.5 Å². The van der Waals surface area contributed by atoms with Crippen LogP contribution in [0.25, 0.3) is 0 Å². The van der Waals surface area contributed by atoms with Crippen molar-refractivity contribution >= 4 is 5.69 Å². The Balaban J connectivity index is 1.56. The summed E-state index contributed by atoms with van der Waals surface area (Å²) in [5.74, 6) is 1.79. The van der Waals surface area contributed by atoms with E-state index in [1.54, 1.807) is 7.11 Å². The van der Waals surface area contributed by atoms with E-state index in [-0.39, 0.29) is 0 Å². The minimum absolute atomic E-state index is 0.580. The van der Waals surface area contributed by atoms with E-state index in [4.69, 9.17) is 9.47 Å². The van der Waals surface area contributed by atoms with Gasteiger partial charge in [0.1, 0.15) is 18.1 Å². The van der Waals surface area contributed by atoms with Gasteiger partial charge in [-0.05, 0) is 53.9 Å². The second kappa shape index (κ2) is 8.25. The first-order chi connectivity index (χ1) is 12.3. The van der Waals surface area contributed by atoms with Crippen LogP contribution in [-0.2, 0) is 13.2 Å². The molecule has 0 heterocycles. The quantitative estimate of drug-likeness (QED) is 0.645. The van der Waals surface area contributed by atoms with Crippen LogP contribution in [-0.4, -0.2) is 7.11 Å². The molecule has 0 bridgehead atoms. The lowest BCUT2D eigenvalue weighted by Crippen LogP contribution is -2.02. The molecule has 0 amide bonds. The fourth-order valence-corrected chi connectivity index (χ4v) is 2.68. The highest BCUT2D eigenvalue weighted by atomic mass is 16.5. The standard InChI is InChI=1S/C22H23NO2/c1-17-19(9-6-10-22(17)24-2)15-23-20-11-13-21(14-12-20)25-16-18-7-4-3-5-8-18/h3-14,23H,15-16H2,1-2H3. The van der Waals surface area contributed by atoms with Crippen LogP contribution in [0.4, 0.5) is 5.69 Å². The van der Waals surface area contributed by atoms with Crippen molar-refractivity contribution in [2.45, 2.75) is 20.1 Å². The largest absolute Gasteiger partial charge is 0.496 e. The molecule has 1 N–H and O–H groups in total. The highest BCUT2D eigenvalue weighted by molar-refractivity contribution is 5.48. The van der Waals surface area contributed by atoms with Crippen LogP contribution >= 0.6 is 0 Å². The number of benzene rings is 3. The third kappa shape index (κ3) is 4.54. The number of hydrogen-bond donors (Lipinski definition) is 1. The van der Waals surface area contributed by atoms with E-state index in [0.29, 0.717) is 6.61 Å². The average molecular weight is 333 g/mol. The van der Waals surface area contributed by atoms with E-state index < -0.39 is 0 Å². The molecular formula is C22H23NO2. The lowest BCUT2D eigenvalue weighted by molar-refractivity contribution is 0.306. The van der Waals surface area contributed by atoms with Crippen LogP contribution in [0.1, 0.15) is 16.7 Å². The molecule has 128 valence electrons. The monoisotopic (exact) mass is 333 g/mol. The van der Waals surface area contributed by atoms with E-state index in [2.05, 4.69) is 30.4 Å². The van der Waals surface area contributed by atoms with Gasteiger partial charge < -0.3 is 14.8 Å². The minimum Gasteiger partial charge on any atom is -0.496 e. The Morgan fingerprint density at radius 3 is 2.32 bits per heavy atom. The van der Waals surface area contributed by atoms with E-state index >= 15 is 0 Å². The van der Waals surface area contributed by atoms with Crippen molar-refractivity contribution in [3.63, 3.8) is 0 Å². The second-order valence-electron chi connectivity index (χ2n) is 5.90. The van der Waals surface area contributed by atoms with E-state index in [1.807, 2.05) is 54.6 Å². The average Bonchev–Trinajstić information content (AvgIpc) is 2.67. The lowest BCUT2D eigenvalue weighted by Gasteiger charge is -2.12. The molecule has 0 fully saturated rings. The summed E-state index contributed by atoms with van der Waals surface area (Å²) < 4.78 is 11.2. The predicted molar refractivity (Wildman–Crippen MR) is 102 cm³/mol. The fourth-order valence-electron chi connectivity index (χ4n) is 2.68. The molecule has 0 aliphatic rings. The number of nitrogens with one attached hydrogen (secondary N) is 1. The molecule has 25 heavy (non-hydrogen) atoms. The molecule has 0 spiro atoms. The van der Waals surface area contributed by atoms with Gasteiger partial charge in [0.25, 0.3) is 0 Å². The number of hydrogen-bond acceptors (Lipinski definition) is 3. The molecule has 0 saturated carbocycles. The zero-order valence-corrected chi connectivity index (χ0v) is 14.7. The summed E-state index contributed by atoms with van der Waals surface area (Å²) in [6, 6.07) is 24.3. The summed E-state index contributed by atoms with van der Waals surface area (Å²) in [7, 11) is 1.70. The van der Waals surface area contributed by atoms with Crippen molar-refractivity contribution in [1.82, 2.24) is 0 Å². The van der Waals surface area contributed by atoms with Gasteiger partial charge in [0.2, 0.25) is 0 Å². The zero-order chi connectivity index (χ0) is 17.5. The van der Waals surface area contributed by atoms with Crippen molar-refractivity contribution in [1.29, 1.82) is 0 Å². The Hall–Kier alpha value is -2.94. The lowest BCUT2D eigenvalue weighted by atomic mass is 10.1. The van der Waals surface area contributed by atoms with Crippen LogP contribution in [0, 0.1) is 6.92 Å². The first kappa shape index (κ1) is 16.9. The van der Waals surface area contributed by atoms with Crippen LogP contribution < -0.4 is 14.8 Å². The van der Waals surface area contributed by atoms with Crippen LogP contribution in [0.3, 0.4) is 0 Å². The molecule has 0 radical (unpaired) electrons. The fraction of sp³-hybridized carbons (Fsp3) is 0.182. The zero-order valence-electron chi connectivity index (χ0n) is 14.7. The molecule has 0 unspecified atom stereocenters. The molecule has 3 rings (SSSR count). The minimum atomic E-state index is 0.580. The SMILES string of the molecule is COc1cccc(CNc2ccc(OCc3ccccc3)cc2)c1C. The summed E-state index contributed by atoms with van der Waals surface area (Å²) >= 11 is 0. The Labute approximate surface area is 149 Å². The van der Waals surface area contributed by atoms with E-state index in [0.717, 1.165) is 23.7 Å². The van der Waals surface area contributed by atoms with Gasteiger partial charge in [-0.2, -0.15) is 0 Å². The predicted octanol–water partition coefficient (Wildman–Crippen LogP) is 5.19. The third-order valence-electron chi connectivity index (χ3n) is 4.20. The van der Waals surface area contributed by atoms with Crippen LogP contribution in [0.2, 0.25) is 0 Å². The maximum absolute atomic E-state index is 5.81. The highest BCUT2D eigenvalue weighted by Gasteiger charge is 2.04. The van der Waals surface area contributed by atoms with Crippen molar-refractivity contribution in [2.75, 3.05) is 12.4 Å². The highest BCUT2D eigenvalue weighted by Crippen LogP contribution is 2.22. The van der Waals surface area contributed by atoms with Crippen molar-refractivity contribution in [3.8, 4) is 11.5 Å². The van der Waals surface area contributed by atoms with Gasteiger partial charge >= 0.3 is 0 Å². The first-order valence-corrected chi connectivity index (χ1v) is 8.39. The molecule has 0 atom stereocenters. The first-order valence-electron chi connectivity index (χ1n) is 8.39. The van der Waals surface area contributed by atoms with Gasteiger partial charge in [0.05, 0.1) is 7.11 Å². The maximum Gasteiger partial charge on any atom is 0.122 e.